The lowest BCUT2D eigenvalue weighted by atomic mass is 9.75. The summed E-state index contributed by atoms with van der Waals surface area (Å²) < 4.78 is 5.31. The van der Waals surface area contributed by atoms with Gasteiger partial charge in [0.2, 0.25) is 5.91 Å². The molecule has 0 bridgehead atoms. The predicted molar refractivity (Wildman–Crippen MR) is 90.9 cm³/mol. The first-order valence-electron chi connectivity index (χ1n) is 8.62. The normalized spacial score (nSPS) is 25.2. The first-order valence-corrected chi connectivity index (χ1v) is 8.62. The van der Waals surface area contributed by atoms with Gasteiger partial charge in [0.1, 0.15) is 0 Å². The Morgan fingerprint density at radius 3 is 2.40 bits per heavy atom. The van der Waals surface area contributed by atoms with Crippen molar-refractivity contribution in [3.8, 4) is 0 Å². The molecule has 1 aromatic rings. The lowest BCUT2D eigenvalue weighted by molar-refractivity contribution is -0.145. The zero-order valence-electron chi connectivity index (χ0n) is 14.4. The summed E-state index contributed by atoms with van der Waals surface area (Å²) in [5.41, 5.74) is -0.732. The molecule has 0 spiro atoms. The van der Waals surface area contributed by atoms with Crippen molar-refractivity contribution in [3.05, 3.63) is 35.9 Å². The third kappa shape index (κ3) is 3.17. The van der Waals surface area contributed by atoms with Gasteiger partial charge in [0.25, 0.3) is 5.91 Å². The Kier molecular flexibility index (Phi) is 5.15. The number of ether oxygens (including phenoxy) is 1. The highest BCUT2D eigenvalue weighted by Gasteiger charge is 2.53. The number of carbonyl (C=O) groups is 3. The number of carbonyl (C=O) groups excluding carboxylic acids is 3. The van der Waals surface area contributed by atoms with Crippen LogP contribution in [-0.2, 0) is 19.7 Å². The molecule has 2 saturated heterocycles. The van der Waals surface area contributed by atoms with Gasteiger partial charge in [0.05, 0.1) is 13.2 Å². The van der Waals surface area contributed by atoms with Gasteiger partial charge < -0.3 is 4.74 Å². The van der Waals surface area contributed by atoms with E-state index in [1.54, 1.807) is 31.2 Å². The summed E-state index contributed by atoms with van der Waals surface area (Å²) >= 11 is 0. The largest absolute Gasteiger partial charge is 0.379 e. The van der Waals surface area contributed by atoms with Crippen LogP contribution in [-0.4, -0.2) is 67.0 Å². The molecule has 7 nitrogen and oxygen atoms in total. The Morgan fingerprint density at radius 2 is 1.76 bits per heavy atom. The van der Waals surface area contributed by atoms with E-state index in [4.69, 9.17) is 4.74 Å². The number of nitrogens with zero attached hydrogens (tertiary/aromatic N) is 2. The van der Waals surface area contributed by atoms with E-state index in [-0.39, 0.29) is 6.54 Å². The van der Waals surface area contributed by atoms with Crippen LogP contribution >= 0.6 is 0 Å². The van der Waals surface area contributed by atoms with E-state index in [9.17, 15) is 14.4 Å². The van der Waals surface area contributed by atoms with Crippen molar-refractivity contribution in [2.45, 2.75) is 18.8 Å². The van der Waals surface area contributed by atoms with Crippen molar-refractivity contribution < 1.29 is 19.1 Å². The number of amides is 4. The van der Waals surface area contributed by atoms with Gasteiger partial charge in [0.15, 0.2) is 5.41 Å². The van der Waals surface area contributed by atoms with Crippen LogP contribution in [0.4, 0.5) is 4.79 Å². The van der Waals surface area contributed by atoms with E-state index in [0.29, 0.717) is 31.7 Å². The fourth-order valence-electron chi connectivity index (χ4n) is 3.45. The molecule has 1 N–H and O–H groups in total. The summed E-state index contributed by atoms with van der Waals surface area (Å²) in [5.74, 6) is -0.984. The van der Waals surface area contributed by atoms with Crippen LogP contribution in [0.25, 0.3) is 0 Å². The first-order chi connectivity index (χ1) is 12.1. The Bertz CT molecular complexity index is 658. The number of imide groups is 2. The highest BCUT2D eigenvalue weighted by Crippen LogP contribution is 2.33. The van der Waals surface area contributed by atoms with Crippen molar-refractivity contribution in [3.63, 3.8) is 0 Å². The van der Waals surface area contributed by atoms with Gasteiger partial charge in [-0.2, -0.15) is 0 Å². The molecule has 7 heteroatoms. The number of barbiturate groups is 1. The second-order valence-electron chi connectivity index (χ2n) is 6.29. The quantitative estimate of drug-likeness (QED) is 0.797. The third-order valence-electron chi connectivity index (χ3n) is 5.00. The van der Waals surface area contributed by atoms with Crippen LogP contribution in [0.2, 0.25) is 0 Å². The molecule has 1 aromatic carbocycles. The number of benzene rings is 1. The highest BCUT2D eigenvalue weighted by molar-refractivity contribution is 6.22. The summed E-state index contributed by atoms with van der Waals surface area (Å²) in [6.45, 7) is 5.49. The third-order valence-corrected chi connectivity index (χ3v) is 5.00. The predicted octanol–water partition coefficient (Wildman–Crippen LogP) is 0.745. The molecule has 4 amide bonds. The molecule has 2 fully saturated rings. The lowest BCUT2D eigenvalue weighted by Crippen LogP contribution is -2.66. The molecule has 25 heavy (non-hydrogen) atoms. The minimum absolute atomic E-state index is 0.256. The molecule has 3 rings (SSSR count). The SMILES string of the molecule is CC[C@]1(c2ccccc2)C(=O)NC(=O)N(CCN2CCOCC2)C1=O. The molecular formula is C18H23N3O4. The summed E-state index contributed by atoms with van der Waals surface area (Å²) in [5, 5.41) is 2.37. The molecule has 0 aromatic heterocycles. The Balaban J connectivity index is 1.83. The Morgan fingerprint density at radius 1 is 1.08 bits per heavy atom. The van der Waals surface area contributed by atoms with Crippen molar-refractivity contribution in [2.75, 3.05) is 39.4 Å². The summed E-state index contributed by atoms with van der Waals surface area (Å²) in [6.07, 6.45) is 0.295. The van der Waals surface area contributed by atoms with E-state index < -0.39 is 23.3 Å². The van der Waals surface area contributed by atoms with Gasteiger partial charge in [-0.3, -0.25) is 24.7 Å². The standard InChI is InChI=1S/C18H23N3O4/c1-2-18(14-6-4-3-5-7-14)15(22)19-17(24)21(16(18)23)9-8-20-10-12-25-13-11-20/h3-7H,2,8-13H2,1H3,(H,19,22,24)/t18-/m0/s1. The minimum Gasteiger partial charge on any atom is -0.379 e. The Hall–Kier alpha value is -2.25. The summed E-state index contributed by atoms with van der Waals surface area (Å²) in [6, 6.07) is 8.31. The zero-order valence-corrected chi connectivity index (χ0v) is 14.4. The maximum absolute atomic E-state index is 13.2. The number of rotatable bonds is 5. The molecule has 0 aliphatic carbocycles. The highest BCUT2D eigenvalue weighted by atomic mass is 16.5. The smallest absolute Gasteiger partial charge is 0.330 e. The number of urea groups is 1. The van der Waals surface area contributed by atoms with Crippen molar-refractivity contribution >= 4 is 17.8 Å². The van der Waals surface area contributed by atoms with Crippen LogP contribution in [0.15, 0.2) is 30.3 Å². The fraction of sp³-hybridized carbons (Fsp3) is 0.500. The second kappa shape index (κ2) is 7.33. The minimum atomic E-state index is -1.35. The maximum atomic E-state index is 13.2. The van der Waals surface area contributed by atoms with Gasteiger partial charge in [0, 0.05) is 26.2 Å². The van der Waals surface area contributed by atoms with E-state index in [1.807, 2.05) is 6.07 Å². The molecule has 0 radical (unpaired) electrons. The monoisotopic (exact) mass is 345 g/mol. The Labute approximate surface area is 146 Å². The summed E-state index contributed by atoms with van der Waals surface area (Å²) in [4.78, 5) is 41.4. The van der Waals surface area contributed by atoms with Crippen LogP contribution in [0.1, 0.15) is 18.9 Å². The summed E-state index contributed by atoms with van der Waals surface area (Å²) in [7, 11) is 0. The van der Waals surface area contributed by atoms with Gasteiger partial charge in [-0.05, 0) is 12.0 Å². The van der Waals surface area contributed by atoms with Gasteiger partial charge in [-0.15, -0.1) is 0 Å². The van der Waals surface area contributed by atoms with Crippen molar-refractivity contribution in [2.24, 2.45) is 0 Å². The van der Waals surface area contributed by atoms with Crippen LogP contribution in [0.5, 0.6) is 0 Å². The van der Waals surface area contributed by atoms with Gasteiger partial charge >= 0.3 is 6.03 Å². The maximum Gasteiger partial charge on any atom is 0.330 e. The van der Waals surface area contributed by atoms with E-state index >= 15 is 0 Å². The molecule has 1 atom stereocenters. The van der Waals surface area contributed by atoms with Crippen LogP contribution in [0.3, 0.4) is 0 Å². The van der Waals surface area contributed by atoms with Crippen LogP contribution in [0, 0.1) is 0 Å². The van der Waals surface area contributed by atoms with Crippen molar-refractivity contribution in [1.29, 1.82) is 0 Å². The number of hydrogen-bond donors (Lipinski definition) is 1. The molecule has 2 aliphatic rings. The zero-order chi connectivity index (χ0) is 17.9. The van der Waals surface area contributed by atoms with Crippen molar-refractivity contribution in [1.82, 2.24) is 15.1 Å². The molecular weight excluding hydrogens is 322 g/mol. The number of morpholine rings is 1. The average Bonchev–Trinajstić information content (AvgIpc) is 2.64. The number of nitrogens with one attached hydrogen (secondary N) is 1. The lowest BCUT2D eigenvalue weighted by Gasteiger charge is -2.40. The average molecular weight is 345 g/mol. The second-order valence-corrected chi connectivity index (χ2v) is 6.29. The first kappa shape index (κ1) is 17.6. The molecule has 134 valence electrons. The van der Waals surface area contributed by atoms with E-state index in [2.05, 4.69) is 10.2 Å². The molecule has 0 unspecified atom stereocenters. The molecule has 2 heterocycles. The molecule has 0 saturated carbocycles. The number of hydrogen-bond acceptors (Lipinski definition) is 5. The van der Waals surface area contributed by atoms with E-state index in [1.165, 1.54) is 4.90 Å². The van der Waals surface area contributed by atoms with Gasteiger partial charge in [-0.1, -0.05) is 37.3 Å². The van der Waals surface area contributed by atoms with Crippen LogP contribution < -0.4 is 5.32 Å². The van der Waals surface area contributed by atoms with Gasteiger partial charge in [-0.25, -0.2) is 4.79 Å². The molecule has 2 aliphatic heterocycles. The topological polar surface area (TPSA) is 79.0 Å². The van der Waals surface area contributed by atoms with E-state index in [0.717, 1.165) is 13.1 Å². The fourth-order valence-corrected chi connectivity index (χ4v) is 3.45.